The van der Waals surface area contributed by atoms with E-state index < -0.39 is 11.7 Å². The van der Waals surface area contributed by atoms with Gasteiger partial charge in [0.05, 0.1) is 11.1 Å². The smallest absolute Gasteiger partial charge is 0.276 e. The zero-order valence-corrected chi connectivity index (χ0v) is 16.4. The molecule has 4 aromatic rings. The van der Waals surface area contributed by atoms with Crippen molar-refractivity contribution in [1.82, 2.24) is 19.2 Å². The van der Waals surface area contributed by atoms with Gasteiger partial charge in [-0.05, 0) is 29.5 Å². The number of benzene rings is 1. The quantitative estimate of drug-likeness (QED) is 0.431. The van der Waals surface area contributed by atoms with E-state index in [9.17, 15) is 18.0 Å². The van der Waals surface area contributed by atoms with E-state index in [1.54, 1.807) is 15.0 Å². The fourth-order valence-electron chi connectivity index (χ4n) is 3.00. The van der Waals surface area contributed by atoms with Gasteiger partial charge >= 0.3 is 6.18 Å². The summed E-state index contributed by atoms with van der Waals surface area (Å²) in [6.45, 7) is 2.49. The summed E-state index contributed by atoms with van der Waals surface area (Å²) >= 11 is 2.65. The third kappa shape index (κ3) is 3.30. The second-order valence-corrected chi connectivity index (χ2v) is 8.06. The highest BCUT2D eigenvalue weighted by Crippen LogP contribution is 2.31. The Morgan fingerprint density at radius 3 is 2.79 bits per heavy atom. The van der Waals surface area contributed by atoms with Crippen LogP contribution in [0.2, 0.25) is 0 Å². The minimum absolute atomic E-state index is 0.0961. The van der Waals surface area contributed by atoms with E-state index in [4.69, 9.17) is 0 Å². The summed E-state index contributed by atoms with van der Waals surface area (Å²) in [6.07, 6.45) is -3.60. The standard InChI is InChI=1S/C18H15F3N4OS2/c1-2-7-24-15(26)14-13(6-8-27-14)25-16(24)22-23-17(25)28-10-11-4-3-5-12(9-11)18(19,20)21/h3-6,8-9H,2,7,10H2,1H3. The predicted molar refractivity (Wildman–Crippen MR) is 104 cm³/mol. The Morgan fingerprint density at radius 1 is 1.21 bits per heavy atom. The number of hydrogen-bond donors (Lipinski definition) is 0. The average molecular weight is 424 g/mol. The Morgan fingerprint density at radius 2 is 2.04 bits per heavy atom. The van der Waals surface area contributed by atoms with Crippen molar-refractivity contribution in [3.63, 3.8) is 0 Å². The minimum atomic E-state index is -4.37. The van der Waals surface area contributed by atoms with Crippen LogP contribution in [0.5, 0.6) is 0 Å². The molecular weight excluding hydrogens is 409 g/mol. The van der Waals surface area contributed by atoms with Crippen molar-refractivity contribution < 1.29 is 13.2 Å². The highest BCUT2D eigenvalue weighted by Gasteiger charge is 2.30. The van der Waals surface area contributed by atoms with Crippen molar-refractivity contribution >= 4 is 39.1 Å². The normalized spacial score (nSPS) is 12.3. The molecule has 0 N–H and O–H groups in total. The molecule has 0 fully saturated rings. The van der Waals surface area contributed by atoms with E-state index in [0.717, 1.165) is 18.6 Å². The van der Waals surface area contributed by atoms with Gasteiger partial charge in [-0.3, -0.25) is 13.8 Å². The molecule has 5 nitrogen and oxygen atoms in total. The zero-order chi connectivity index (χ0) is 19.9. The molecule has 0 aliphatic carbocycles. The lowest BCUT2D eigenvalue weighted by molar-refractivity contribution is -0.137. The number of fused-ring (bicyclic) bond motifs is 3. The van der Waals surface area contributed by atoms with Gasteiger partial charge in [-0.25, -0.2) is 0 Å². The number of aryl methyl sites for hydroxylation is 1. The van der Waals surface area contributed by atoms with Crippen molar-refractivity contribution in [3.8, 4) is 0 Å². The number of nitrogens with zero attached hydrogens (tertiary/aromatic N) is 4. The number of thioether (sulfide) groups is 1. The molecule has 0 atom stereocenters. The van der Waals surface area contributed by atoms with Gasteiger partial charge in [0.15, 0.2) is 5.16 Å². The molecule has 4 rings (SSSR count). The fourth-order valence-corrected chi connectivity index (χ4v) is 4.71. The molecule has 3 heterocycles. The molecule has 3 aromatic heterocycles. The average Bonchev–Trinajstić information content (AvgIpc) is 3.30. The van der Waals surface area contributed by atoms with Crippen LogP contribution in [-0.4, -0.2) is 19.2 Å². The van der Waals surface area contributed by atoms with Crippen molar-refractivity contribution in [2.24, 2.45) is 0 Å². The third-order valence-corrected chi connectivity index (χ3v) is 6.14. The molecule has 0 amide bonds. The second-order valence-electron chi connectivity index (χ2n) is 6.20. The first-order chi connectivity index (χ1) is 13.4. The lowest BCUT2D eigenvalue weighted by Crippen LogP contribution is -2.22. The zero-order valence-electron chi connectivity index (χ0n) is 14.7. The highest BCUT2D eigenvalue weighted by atomic mass is 32.2. The molecule has 0 spiro atoms. The Labute approximate surface area is 165 Å². The molecule has 0 saturated carbocycles. The predicted octanol–water partition coefficient (Wildman–Crippen LogP) is 4.83. The van der Waals surface area contributed by atoms with Gasteiger partial charge < -0.3 is 0 Å². The van der Waals surface area contributed by atoms with E-state index in [-0.39, 0.29) is 5.56 Å². The number of aromatic nitrogens is 4. The molecule has 146 valence electrons. The van der Waals surface area contributed by atoms with Crippen LogP contribution in [0.25, 0.3) is 16.0 Å². The van der Waals surface area contributed by atoms with Crippen LogP contribution in [0.3, 0.4) is 0 Å². The second kappa shape index (κ2) is 7.25. The van der Waals surface area contributed by atoms with Crippen LogP contribution in [0.15, 0.2) is 45.7 Å². The number of rotatable bonds is 5. The Balaban J connectivity index is 1.74. The fraction of sp³-hybridized carbons (Fsp3) is 0.278. The molecule has 0 radical (unpaired) electrons. The lowest BCUT2D eigenvalue weighted by atomic mass is 10.1. The first kappa shape index (κ1) is 19.0. The van der Waals surface area contributed by atoms with Gasteiger partial charge in [0.25, 0.3) is 5.56 Å². The van der Waals surface area contributed by atoms with E-state index in [1.807, 2.05) is 18.4 Å². The number of halogens is 3. The molecule has 0 bridgehead atoms. The van der Waals surface area contributed by atoms with Crippen molar-refractivity contribution in [2.75, 3.05) is 0 Å². The first-order valence-corrected chi connectivity index (χ1v) is 10.4. The first-order valence-electron chi connectivity index (χ1n) is 8.54. The number of thiophene rings is 1. The number of alkyl halides is 3. The Bertz CT molecular complexity index is 1210. The van der Waals surface area contributed by atoms with Crippen molar-refractivity contribution in [3.05, 3.63) is 57.2 Å². The molecule has 0 aliphatic rings. The van der Waals surface area contributed by atoms with E-state index in [0.29, 0.717) is 39.0 Å². The summed E-state index contributed by atoms with van der Waals surface area (Å²) in [5, 5.41) is 10.7. The maximum atomic E-state index is 12.9. The van der Waals surface area contributed by atoms with Crippen LogP contribution in [0.4, 0.5) is 13.2 Å². The Hall–Kier alpha value is -2.33. The molecule has 1 aromatic carbocycles. The summed E-state index contributed by atoms with van der Waals surface area (Å²) < 4.78 is 42.8. The van der Waals surface area contributed by atoms with Gasteiger partial charge in [0, 0.05) is 12.3 Å². The molecule has 0 unspecified atom stereocenters. The van der Waals surface area contributed by atoms with Gasteiger partial charge in [-0.2, -0.15) is 13.2 Å². The van der Waals surface area contributed by atoms with E-state index in [1.165, 1.54) is 29.2 Å². The van der Waals surface area contributed by atoms with Gasteiger partial charge in [0.1, 0.15) is 4.70 Å². The van der Waals surface area contributed by atoms with Crippen LogP contribution in [0.1, 0.15) is 24.5 Å². The maximum Gasteiger partial charge on any atom is 0.416 e. The molecule has 28 heavy (non-hydrogen) atoms. The summed E-state index contributed by atoms with van der Waals surface area (Å²) in [7, 11) is 0. The molecular formula is C18H15F3N4OS2. The van der Waals surface area contributed by atoms with Crippen LogP contribution >= 0.6 is 23.1 Å². The topological polar surface area (TPSA) is 52.2 Å². The van der Waals surface area contributed by atoms with Crippen molar-refractivity contribution in [2.45, 2.75) is 37.0 Å². The summed E-state index contributed by atoms with van der Waals surface area (Å²) in [5.41, 5.74) is 0.490. The minimum Gasteiger partial charge on any atom is -0.276 e. The lowest BCUT2D eigenvalue weighted by Gasteiger charge is -2.09. The van der Waals surface area contributed by atoms with Gasteiger partial charge in [-0.1, -0.05) is 36.9 Å². The SMILES string of the molecule is CCCn1c(=O)c2sccc2n2c(SCc3cccc(C(F)(F)F)c3)nnc12. The maximum absolute atomic E-state index is 12.9. The van der Waals surface area contributed by atoms with Crippen molar-refractivity contribution in [1.29, 1.82) is 0 Å². The molecule has 0 aliphatic heterocycles. The van der Waals surface area contributed by atoms with Gasteiger partial charge in [0.2, 0.25) is 5.78 Å². The largest absolute Gasteiger partial charge is 0.416 e. The summed E-state index contributed by atoms with van der Waals surface area (Å²) in [5.74, 6) is 0.757. The Kier molecular flexibility index (Phi) is 4.92. The van der Waals surface area contributed by atoms with E-state index in [2.05, 4.69) is 10.2 Å². The summed E-state index contributed by atoms with van der Waals surface area (Å²) in [6, 6.07) is 7.08. The van der Waals surface area contributed by atoms with Crippen LogP contribution in [0, 0.1) is 0 Å². The molecule has 0 saturated heterocycles. The monoisotopic (exact) mass is 424 g/mol. The van der Waals surface area contributed by atoms with Crippen LogP contribution < -0.4 is 5.56 Å². The number of hydrogen-bond acceptors (Lipinski definition) is 5. The van der Waals surface area contributed by atoms with Crippen LogP contribution in [-0.2, 0) is 18.5 Å². The third-order valence-electron chi connectivity index (χ3n) is 4.25. The summed E-state index contributed by atoms with van der Waals surface area (Å²) in [4.78, 5) is 12.7. The molecule has 10 heteroatoms. The van der Waals surface area contributed by atoms with E-state index >= 15 is 0 Å². The van der Waals surface area contributed by atoms with Gasteiger partial charge in [-0.15, -0.1) is 21.5 Å². The highest BCUT2D eigenvalue weighted by molar-refractivity contribution is 7.98.